The highest BCUT2D eigenvalue weighted by Crippen LogP contribution is 2.20. The van der Waals surface area contributed by atoms with E-state index in [1.165, 1.54) is 7.11 Å². The van der Waals surface area contributed by atoms with Gasteiger partial charge in [0.05, 0.1) is 13.0 Å². The molecule has 3 heteroatoms. The van der Waals surface area contributed by atoms with Crippen molar-refractivity contribution < 1.29 is 9.53 Å². The normalized spacial score (nSPS) is 20.5. The summed E-state index contributed by atoms with van der Waals surface area (Å²) in [5, 5.41) is 3.15. The monoisotopic (exact) mass is 157 g/mol. The predicted octanol–water partition coefficient (Wildman–Crippen LogP) is 0.405. The molecule has 1 fully saturated rings. The summed E-state index contributed by atoms with van der Waals surface area (Å²) in [6, 6.07) is 0. The summed E-state index contributed by atoms with van der Waals surface area (Å²) < 4.78 is 4.69. The number of hydrogen-bond acceptors (Lipinski definition) is 3. The molecule has 64 valence electrons. The van der Waals surface area contributed by atoms with E-state index in [2.05, 4.69) is 5.32 Å². The van der Waals surface area contributed by atoms with Gasteiger partial charge in [-0.3, -0.25) is 4.79 Å². The lowest BCUT2D eigenvalue weighted by atomic mass is 9.86. The molecule has 3 nitrogen and oxygen atoms in total. The Hall–Kier alpha value is -0.570. The second-order valence-corrected chi connectivity index (χ2v) is 2.96. The fraction of sp³-hybridized carbons (Fsp3) is 0.875. The molecule has 11 heavy (non-hydrogen) atoms. The molecule has 0 spiro atoms. The van der Waals surface area contributed by atoms with E-state index in [9.17, 15) is 4.79 Å². The van der Waals surface area contributed by atoms with Gasteiger partial charge in [-0.25, -0.2) is 0 Å². The molecule has 1 N–H and O–H groups in total. The second-order valence-electron chi connectivity index (χ2n) is 2.96. The second kappa shape index (κ2) is 3.72. The fourth-order valence-electron chi connectivity index (χ4n) is 1.44. The molecule has 0 aromatic carbocycles. The van der Waals surface area contributed by atoms with Gasteiger partial charge in [-0.15, -0.1) is 0 Å². The maximum atomic E-state index is 11.1. The van der Waals surface area contributed by atoms with E-state index in [-0.39, 0.29) is 11.9 Å². The van der Waals surface area contributed by atoms with Gasteiger partial charge in [0.2, 0.25) is 0 Å². The molecule has 1 saturated heterocycles. The number of methoxy groups -OCH3 is 1. The molecule has 1 aliphatic heterocycles. The molecule has 1 heterocycles. The lowest BCUT2D eigenvalue weighted by Crippen LogP contribution is -2.48. The van der Waals surface area contributed by atoms with Crippen molar-refractivity contribution in [2.24, 2.45) is 11.8 Å². The molecule has 0 amide bonds. The van der Waals surface area contributed by atoms with Crippen LogP contribution in [-0.2, 0) is 9.53 Å². The summed E-state index contributed by atoms with van der Waals surface area (Å²) in [4.78, 5) is 11.1. The topological polar surface area (TPSA) is 38.3 Å². The molecule has 0 aliphatic carbocycles. The smallest absolute Gasteiger partial charge is 0.309 e. The summed E-state index contributed by atoms with van der Waals surface area (Å²) in [6.45, 7) is 3.96. The van der Waals surface area contributed by atoms with Gasteiger partial charge in [-0.2, -0.15) is 0 Å². The molecule has 0 radical (unpaired) electrons. The Morgan fingerprint density at radius 2 is 2.36 bits per heavy atom. The van der Waals surface area contributed by atoms with Crippen molar-refractivity contribution in [3.63, 3.8) is 0 Å². The highest BCUT2D eigenvalue weighted by Gasteiger charge is 2.31. The zero-order valence-corrected chi connectivity index (χ0v) is 7.09. The van der Waals surface area contributed by atoms with Gasteiger partial charge < -0.3 is 10.1 Å². The van der Waals surface area contributed by atoms with Crippen molar-refractivity contribution in [3.05, 3.63) is 0 Å². The van der Waals surface area contributed by atoms with E-state index in [4.69, 9.17) is 4.74 Å². The van der Waals surface area contributed by atoms with Crippen molar-refractivity contribution in [1.29, 1.82) is 0 Å². The fourth-order valence-corrected chi connectivity index (χ4v) is 1.44. The Bertz CT molecular complexity index is 143. The minimum atomic E-state index is -0.0565. The first kappa shape index (κ1) is 8.53. The standard InChI is InChI=1S/C8H15NO2/c1-3-7(8(10)11-2)6-4-9-5-6/h6-7,9H,3-5H2,1-2H3. The first-order valence-electron chi connectivity index (χ1n) is 4.08. The predicted molar refractivity (Wildman–Crippen MR) is 42.2 cm³/mol. The molecule has 1 unspecified atom stereocenters. The van der Waals surface area contributed by atoms with Gasteiger partial charge in [0.25, 0.3) is 0 Å². The van der Waals surface area contributed by atoms with Crippen molar-refractivity contribution in [2.45, 2.75) is 13.3 Å². The van der Waals surface area contributed by atoms with Gasteiger partial charge in [-0.1, -0.05) is 6.92 Å². The van der Waals surface area contributed by atoms with Gasteiger partial charge >= 0.3 is 5.97 Å². The lowest BCUT2D eigenvalue weighted by molar-refractivity contribution is -0.148. The van der Waals surface area contributed by atoms with Crippen LogP contribution >= 0.6 is 0 Å². The number of carbonyl (C=O) groups is 1. The summed E-state index contributed by atoms with van der Waals surface area (Å²) in [7, 11) is 1.46. The largest absolute Gasteiger partial charge is 0.469 e. The van der Waals surface area contributed by atoms with Crippen LogP contribution in [0.4, 0.5) is 0 Å². The molecular formula is C8H15NO2. The number of rotatable bonds is 3. The van der Waals surface area contributed by atoms with E-state index in [0.29, 0.717) is 5.92 Å². The first-order valence-corrected chi connectivity index (χ1v) is 4.08. The molecule has 0 aromatic rings. The maximum Gasteiger partial charge on any atom is 0.309 e. The summed E-state index contributed by atoms with van der Waals surface area (Å²) in [6.07, 6.45) is 0.888. The van der Waals surface area contributed by atoms with Crippen molar-refractivity contribution in [2.75, 3.05) is 20.2 Å². The van der Waals surface area contributed by atoms with Gasteiger partial charge in [0.1, 0.15) is 0 Å². The zero-order chi connectivity index (χ0) is 8.27. The van der Waals surface area contributed by atoms with Gasteiger partial charge in [-0.05, 0) is 12.3 Å². The number of carbonyl (C=O) groups excluding carboxylic acids is 1. The van der Waals surface area contributed by atoms with Crippen LogP contribution in [0.5, 0.6) is 0 Å². The van der Waals surface area contributed by atoms with Crippen LogP contribution in [0.15, 0.2) is 0 Å². The Morgan fingerprint density at radius 1 is 1.73 bits per heavy atom. The van der Waals surface area contributed by atoms with Crippen LogP contribution in [-0.4, -0.2) is 26.2 Å². The lowest BCUT2D eigenvalue weighted by Gasteiger charge is -2.32. The Kier molecular flexibility index (Phi) is 2.88. The summed E-state index contributed by atoms with van der Waals surface area (Å²) in [5.74, 6) is 0.563. The number of hydrogen-bond donors (Lipinski definition) is 1. The van der Waals surface area contributed by atoms with E-state index >= 15 is 0 Å². The van der Waals surface area contributed by atoms with Gasteiger partial charge in [0.15, 0.2) is 0 Å². The SMILES string of the molecule is CCC(C(=O)OC)C1CNC1. The quantitative estimate of drug-likeness (QED) is 0.603. The van der Waals surface area contributed by atoms with Crippen LogP contribution in [0.3, 0.4) is 0 Å². The van der Waals surface area contributed by atoms with Crippen LogP contribution in [0.25, 0.3) is 0 Å². The van der Waals surface area contributed by atoms with Crippen molar-refractivity contribution >= 4 is 5.97 Å². The van der Waals surface area contributed by atoms with Crippen LogP contribution in [0.2, 0.25) is 0 Å². The first-order chi connectivity index (χ1) is 5.29. The molecule has 1 aliphatic rings. The third-order valence-electron chi connectivity index (χ3n) is 2.33. The zero-order valence-electron chi connectivity index (χ0n) is 7.09. The van der Waals surface area contributed by atoms with Crippen molar-refractivity contribution in [1.82, 2.24) is 5.32 Å². The summed E-state index contributed by atoms with van der Waals surface area (Å²) in [5.41, 5.74) is 0. The minimum absolute atomic E-state index is 0.0565. The Morgan fingerprint density at radius 3 is 2.64 bits per heavy atom. The van der Waals surface area contributed by atoms with E-state index in [1.54, 1.807) is 0 Å². The van der Waals surface area contributed by atoms with Crippen LogP contribution in [0, 0.1) is 11.8 Å². The molecular weight excluding hydrogens is 142 g/mol. The molecule has 0 saturated carbocycles. The highest BCUT2D eigenvalue weighted by atomic mass is 16.5. The Balaban J connectivity index is 2.40. The summed E-state index contributed by atoms with van der Waals surface area (Å²) >= 11 is 0. The average Bonchev–Trinajstić information content (AvgIpc) is 1.94. The van der Waals surface area contributed by atoms with E-state index in [1.807, 2.05) is 6.92 Å². The third kappa shape index (κ3) is 1.71. The molecule has 1 atom stereocenters. The molecule has 0 bridgehead atoms. The maximum absolute atomic E-state index is 11.1. The Labute approximate surface area is 67.1 Å². The molecule has 1 rings (SSSR count). The van der Waals surface area contributed by atoms with Crippen LogP contribution < -0.4 is 5.32 Å². The minimum Gasteiger partial charge on any atom is -0.469 e. The average molecular weight is 157 g/mol. The number of ether oxygens (including phenoxy) is 1. The van der Waals surface area contributed by atoms with E-state index in [0.717, 1.165) is 19.5 Å². The van der Waals surface area contributed by atoms with Gasteiger partial charge in [0, 0.05) is 13.1 Å². The van der Waals surface area contributed by atoms with E-state index < -0.39 is 0 Å². The highest BCUT2D eigenvalue weighted by molar-refractivity contribution is 5.72. The number of nitrogens with one attached hydrogen (secondary N) is 1. The number of esters is 1. The van der Waals surface area contributed by atoms with Crippen molar-refractivity contribution in [3.8, 4) is 0 Å². The third-order valence-corrected chi connectivity index (χ3v) is 2.33. The van der Waals surface area contributed by atoms with Crippen LogP contribution in [0.1, 0.15) is 13.3 Å². The molecule has 0 aromatic heterocycles.